The number of nitrogens with zero attached hydrogens (tertiary/aromatic N) is 3. The first-order chi connectivity index (χ1) is 13.9. The summed E-state index contributed by atoms with van der Waals surface area (Å²) in [6.07, 6.45) is 3.96. The van der Waals surface area contributed by atoms with Crippen molar-refractivity contribution in [2.45, 2.75) is 32.4 Å². The number of anilines is 1. The summed E-state index contributed by atoms with van der Waals surface area (Å²) >= 11 is 5.78. The molecule has 0 aliphatic carbocycles. The molecular weight excluding hydrogens is 393 g/mol. The molecule has 3 N–H and O–H groups in total. The van der Waals surface area contributed by atoms with Gasteiger partial charge >= 0.3 is 0 Å². The van der Waals surface area contributed by atoms with Gasteiger partial charge in [0.05, 0.1) is 16.8 Å². The van der Waals surface area contributed by atoms with Crippen LogP contribution in [0, 0.1) is 5.82 Å². The van der Waals surface area contributed by atoms with Crippen molar-refractivity contribution in [3.8, 4) is 11.3 Å². The number of pyridine rings is 1. The van der Waals surface area contributed by atoms with Crippen molar-refractivity contribution in [2.24, 2.45) is 5.73 Å². The SMILES string of the molecule is CCC(c1ccc(Cl)c(F)c1)n1ccc(-c2ccnc(NC(C)CN)n2)cc1=O. The minimum Gasteiger partial charge on any atom is -0.350 e. The van der Waals surface area contributed by atoms with E-state index in [1.165, 1.54) is 18.2 Å². The summed E-state index contributed by atoms with van der Waals surface area (Å²) in [5, 5.41) is 3.17. The van der Waals surface area contributed by atoms with Crippen LogP contribution < -0.4 is 16.6 Å². The van der Waals surface area contributed by atoms with E-state index in [0.717, 1.165) is 0 Å². The molecule has 6 nitrogen and oxygen atoms in total. The van der Waals surface area contributed by atoms with Crippen molar-refractivity contribution in [2.75, 3.05) is 11.9 Å². The Balaban J connectivity index is 1.93. The molecule has 0 saturated carbocycles. The van der Waals surface area contributed by atoms with Gasteiger partial charge in [-0.2, -0.15) is 0 Å². The second kappa shape index (κ2) is 9.15. The second-order valence-corrected chi connectivity index (χ2v) is 7.21. The molecule has 3 rings (SSSR count). The minimum absolute atomic E-state index is 0.0309. The van der Waals surface area contributed by atoms with E-state index >= 15 is 0 Å². The van der Waals surface area contributed by atoms with Gasteiger partial charge in [0.2, 0.25) is 5.95 Å². The van der Waals surface area contributed by atoms with Crippen LogP contribution in [0.2, 0.25) is 5.02 Å². The molecule has 0 bridgehead atoms. The summed E-state index contributed by atoms with van der Waals surface area (Å²) in [4.78, 5) is 21.5. The molecule has 3 aromatic rings. The molecule has 2 atom stereocenters. The van der Waals surface area contributed by atoms with Gasteiger partial charge in [-0.1, -0.05) is 24.6 Å². The fraction of sp³-hybridized carbons (Fsp3) is 0.286. The second-order valence-electron chi connectivity index (χ2n) is 6.81. The summed E-state index contributed by atoms with van der Waals surface area (Å²) in [7, 11) is 0. The van der Waals surface area contributed by atoms with Gasteiger partial charge in [0.15, 0.2) is 0 Å². The minimum atomic E-state index is -0.500. The third kappa shape index (κ3) is 4.81. The third-order valence-corrected chi connectivity index (χ3v) is 4.99. The number of halogens is 2. The van der Waals surface area contributed by atoms with Crippen LogP contribution in [0.1, 0.15) is 31.9 Å². The Labute approximate surface area is 173 Å². The molecule has 8 heteroatoms. The van der Waals surface area contributed by atoms with Gasteiger partial charge in [-0.15, -0.1) is 0 Å². The highest BCUT2D eigenvalue weighted by Gasteiger charge is 2.16. The summed E-state index contributed by atoms with van der Waals surface area (Å²) in [5.74, 6) is -0.0484. The Morgan fingerprint density at radius 3 is 2.72 bits per heavy atom. The van der Waals surface area contributed by atoms with Crippen molar-refractivity contribution < 1.29 is 4.39 Å². The number of rotatable bonds is 7. The van der Waals surface area contributed by atoms with E-state index in [-0.39, 0.29) is 22.7 Å². The molecule has 29 heavy (non-hydrogen) atoms. The van der Waals surface area contributed by atoms with Crippen LogP contribution in [0.4, 0.5) is 10.3 Å². The molecule has 0 amide bonds. The fourth-order valence-electron chi connectivity index (χ4n) is 3.09. The number of aromatic nitrogens is 3. The lowest BCUT2D eigenvalue weighted by Crippen LogP contribution is -2.26. The molecule has 0 aliphatic heterocycles. The number of hydrogen-bond acceptors (Lipinski definition) is 5. The maximum atomic E-state index is 13.9. The van der Waals surface area contributed by atoms with Crippen molar-refractivity contribution in [3.05, 3.63) is 75.5 Å². The summed E-state index contributed by atoms with van der Waals surface area (Å²) in [6.45, 7) is 4.33. The van der Waals surface area contributed by atoms with Gasteiger partial charge in [-0.05, 0) is 43.2 Å². The highest BCUT2D eigenvalue weighted by atomic mass is 35.5. The topological polar surface area (TPSA) is 85.8 Å². The standard InChI is InChI=1S/C21H23ClFN5O/c1-3-19(15-4-5-16(22)17(23)10-15)28-9-7-14(11-20(28)29)18-6-8-25-21(27-18)26-13(2)12-24/h4-11,13,19H,3,12,24H2,1-2H3,(H,25,26,27). The summed E-state index contributed by atoms with van der Waals surface area (Å²) in [6, 6.07) is 9.43. The van der Waals surface area contributed by atoms with Gasteiger partial charge in [0.1, 0.15) is 5.82 Å². The fourth-order valence-corrected chi connectivity index (χ4v) is 3.21. The Kier molecular flexibility index (Phi) is 6.61. The van der Waals surface area contributed by atoms with Crippen LogP contribution in [0.3, 0.4) is 0 Å². The van der Waals surface area contributed by atoms with E-state index in [2.05, 4.69) is 15.3 Å². The summed E-state index contributed by atoms with van der Waals surface area (Å²) in [5.41, 5.74) is 7.41. The van der Waals surface area contributed by atoms with E-state index < -0.39 is 5.82 Å². The van der Waals surface area contributed by atoms with Crippen molar-refractivity contribution >= 4 is 17.5 Å². The monoisotopic (exact) mass is 415 g/mol. The van der Waals surface area contributed by atoms with E-state index in [1.807, 2.05) is 19.9 Å². The largest absolute Gasteiger partial charge is 0.350 e. The average Bonchev–Trinajstić information content (AvgIpc) is 2.72. The average molecular weight is 416 g/mol. The lowest BCUT2D eigenvalue weighted by Gasteiger charge is -2.19. The zero-order valence-electron chi connectivity index (χ0n) is 16.3. The Morgan fingerprint density at radius 2 is 2.07 bits per heavy atom. The van der Waals surface area contributed by atoms with Crippen LogP contribution >= 0.6 is 11.6 Å². The normalized spacial score (nSPS) is 13.1. The van der Waals surface area contributed by atoms with Crippen LogP contribution in [0.25, 0.3) is 11.3 Å². The van der Waals surface area contributed by atoms with E-state index in [9.17, 15) is 9.18 Å². The molecule has 2 unspecified atom stereocenters. The van der Waals surface area contributed by atoms with E-state index in [0.29, 0.717) is 35.7 Å². The zero-order valence-corrected chi connectivity index (χ0v) is 17.0. The molecule has 0 saturated heterocycles. The number of hydrogen-bond donors (Lipinski definition) is 2. The Morgan fingerprint density at radius 1 is 1.28 bits per heavy atom. The molecule has 0 aliphatic rings. The predicted octanol–water partition coefficient (Wildman–Crippen LogP) is 3.86. The van der Waals surface area contributed by atoms with Gasteiger partial charge in [0, 0.05) is 36.6 Å². The quantitative estimate of drug-likeness (QED) is 0.612. The summed E-state index contributed by atoms with van der Waals surface area (Å²) < 4.78 is 15.5. The first-order valence-electron chi connectivity index (χ1n) is 9.40. The van der Waals surface area contributed by atoms with Gasteiger partial charge in [-0.25, -0.2) is 14.4 Å². The lowest BCUT2D eigenvalue weighted by molar-refractivity contribution is 0.541. The highest BCUT2D eigenvalue weighted by molar-refractivity contribution is 6.30. The van der Waals surface area contributed by atoms with Crippen LogP contribution in [-0.2, 0) is 0 Å². The van der Waals surface area contributed by atoms with Crippen molar-refractivity contribution in [3.63, 3.8) is 0 Å². The highest BCUT2D eigenvalue weighted by Crippen LogP contribution is 2.25. The van der Waals surface area contributed by atoms with Crippen molar-refractivity contribution in [1.29, 1.82) is 0 Å². The van der Waals surface area contributed by atoms with Gasteiger partial charge in [0.25, 0.3) is 5.56 Å². The molecule has 2 heterocycles. The van der Waals surface area contributed by atoms with Crippen molar-refractivity contribution in [1.82, 2.24) is 14.5 Å². The van der Waals surface area contributed by atoms with Gasteiger partial charge in [-0.3, -0.25) is 4.79 Å². The first-order valence-corrected chi connectivity index (χ1v) is 9.78. The molecule has 0 radical (unpaired) electrons. The van der Waals surface area contributed by atoms with E-state index in [1.54, 1.807) is 29.1 Å². The third-order valence-electron chi connectivity index (χ3n) is 4.68. The number of benzene rings is 1. The number of nitrogens with one attached hydrogen (secondary N) is 1. The molecular formula is C21H23ClFN5O. The zero-order chi connectivity index (χ0) is 21.0. The maximum absolute atomic E-state index is 13.9. The molecule has 1 aromatic carbocycles. The molecule has 152 valence electrons. The van der Waals surface area contributed by atoms with Crippen LogP contribution in [0.5, 0.6) is 0 Å². The van der Waals surface area contributed by atoms with Crippen LogP contribution in [-0.4, -0.2) is 27.1 Å². The molecule has 2 aromatic heterocycles. The smallest absolute Gasteiger partial charge is 0.251 e. The number of nitrogens with two attached hydrogens (primary N) is 1. The maximum Gasteiger partial charge on any atom is 0.251 e. The molecule has 0 fully saturated rings. The Bertz CT molecular complexity index is 1060. The van der Waals surface area contributed by atoms with Gasteiger partial charge < -0.3 is 15.6 Å². The van der Waals surface area contributed by atoms with Crippen LogP contribution in [0.15, 0.2) is 53.6 Å². The molecule has 0 spiro atoms. The van der Waals surface area contributed by atoms with E-state index in [4.69, 9.17) is 17.3 Å². The lowest BCUT2D eigenvalue weighted by atomic mass is 10.0. The first kappa shape index (κ1) is 21.0. The predicted molar refractivity (Wildman–Crippen MR) is 114 cm³/mol. The Hall–Kier alpha value is -2.77.